The van der Waals surface area contributed by atoms with Gasteiger partial charge in [0.25, 0.3) is 5.91 Å². The number of benzene rings is 1. The van der Waals surface area contributed by atoms with Gasteiger partial charge in [0, 0.05) is 18.3 Å². The van der Waals surface area contributed by atoms with Crippen LogP contribution in [0.1, 0.15) is 21.8 Å². The van der Waals surface area contributed by atoms with Crippen molar-refractivity contribution in [1.82, 2.24) is 15.3 Å². The molecular formula is C17H15N3O3. The Morgan fingerprint density at radius 1 is 1.17 bits per heavy atom. The van der Waals surface area contributed by atoms with Crippen molar-refractivity contribution < 1.29 is 13.9 Å². The van der Waals surface area contributed by atoms with E-state index < -0.39 is 0 Å². The van der Waals surface area contributed by atoms with Gasteiger partial charge >= 0.3 is 0 Å². The zero-order valence-electron chi connectivity index (χ0n) is 12.5. The maximum Gasteiger partial charge on any atom is 0.273 e. The van der Waals surface area contributed by atoms with Gasteiger partial charge in [-0.2, -0.15) is 0 Å². The first kappa shape index (κ1) is 14.8. The lowest BCUT2D eigenvalue weighted by Gasteiger charge is -2.10. The number of para-hydroxylation sites is 1. The zero-order chi connectivity index (χ0) is 16.1. The minimum atomic E-state index is -0.300. The van der Waals surface area contributed by atoms with Crippen LogP contribution in [0, 0.1) is 6.92 Å². The van der Waals surface area contributed by atoms with E-state index in [1.54, 1.807) is 19.2 Å². The first-order chi connectivity index (χ1) is 11.2. The smallest absolute Gasteiger partial charge is 0.273 e. The molecule has 0 spiro atoms. The second kappa shape index (κ2) is 6.74. The molecule has 2 aromatic heterocycles. The third-order valence-corrected chi connectivity index (χ3v) is 3.21. The maximum atomic E-state index is 12.1. The highest BCUT2D eigenvalue weighted by molar-refractivity contribution is 5.93. The predicted octanol–water partition coefficient (Wildman–Crippen LogP) is 3.10. The van der Waals surface area contributed by atoms with Crippen molar-refractivity contribution in [3.63, 3.8) is 0 Å². The van der Waals surface area contributed by atoms with E-state index in [-0.39, 0.29) is 18.1 Å². The molecule has 3 rings (SSSR count). The summed E-state index contributed by atoms with van der Waals surface area (Å²) in [5.74, 6) is 1.32. The lowest BCUT2D eigenvalue weighted by atomic mass is 10.2. The number of hydrogen-bond acceptors (Lipinski definition) is 5. The minimum Gasteiger partial charge on any atom is -0.448 e. The van der Waals surface area contributed by atoms with E-state index in [4.69, 9.17) is 9.15 Å². The molecule has 0 radical (unpaired) electrons. The largest absolute Gasteiger partial charge is 0.448 e. The molecule has 116 valence electrons. The fourth-order valence-corrected chi connectivity index (χ4v) is 2.03. The number of carbonyl (C=O) groups is 1. The van der Waals surface area contributed by atoms with E-state index in [2.05, 4.69) is 15.3 Å². The molecule has 23 heavy (non-hydrogen) atoms. The average Bonchev–Trinajstić information content (AvgIpc) is 3.01. The van der Waals surface area contributed by atoms with Crippen LogP contribution in [0.5, 0.6) is 11.6 Å². The Balaban J connectivity index is 1.71. The fraction of sp³-hybridized carbons (Fsp3) is 0.118. The number of ether oxygens (including phenoxy) is 1. The molecule has 0 aliphatic carbocycles. The number of nitrogens with zero attached hydrogens (tertiary/aromatic N) is 2. The van der Waals surface area contributed by atoms with Gasteiger partial charge in [0.1, 0.15) is 11.5 Å². The third-order valence-electron chi connectivity index (χ3n) is 3.21. The molecule has 0 aliphatic rings. The molecule has 0 fully saturated rings. The Morgan fingerprint density at radius 2 is 2.00 bits per heavy atom. The lowest BCUT2D eigenvalue weighted by molar-refractivity contribution is 0.0945. The summed E-state index contributed by atoms with van der Waals surface area (Å²) >= 11 is 0. The molecule has 1 N–H and O–H groups in total. The summed E-state index contributed by atoms with van der Waals surface area (Å²) in [6.45, 7) is 1.97. The first-order valence-corrected chi connectivity index (χ1v) is 7.09. The average molecular weight is 309 g/mol. The van der Waals surface area contributed by atoms with E-state index in [0.717, 1.165) is 5.56 Å². The molecule has 1 aromatic carbocycles. The summed E-state index contributed by atoms with van der Waals surface area (Å²) in [4.78, 5) is 20.2. The van der Waals surface area contributed by atoms with Crippen LogP contribution in [0.15, 0.2) is 59.5 Å². The van der Waals surface area contributed by atoms with Crippen LogP contribution in [-0.2, 0) is 6.54 Å². The molecule has 0 saturated heterocycles. The Kier molecular flexibility index (Phi) is 4.33. The van der Waals surface area contributed by atoms with Gasteiger partial charge < -0.3 is 14.5 Å². The minimum absolute atomic E-state index is 0.277. The maximum absolute atomic E-state index is 12.1. The zero-order valence-corrected chi connectivity index (χ0v) is 12.5. The Hall–Kier alpha value is -3.15. The Morgan fingerprint density at radius 3 is 2.74 bits per heavy atom. The van der Waals surface area contributed by atoms with Crippen LogP contribution in [0.2, 0.25) is 0 Å². The van der Waals surface area contributed by atoms with Crippen molar-refractivity contribution in [2.24, 2.45) is 0 Å². The molecule has 0 bridgehead atoms. The van der Waals surface area contributed by atoms with Gasteiger partial charge in [-0.15, -0.1) is 0 Å². The highest BCUT2D eigenvalue weighted by Gasteiger charge is 2.14. The van der Waals surface area contributed by atoms with Crippen LogP contribution in [0.4, 0.5) is 0 Å². The quantitative estimate of drug-likeness (QED) is 0.783. The van der Waals surface area contributed by atoms with Crippen molar-refractivity contribution >= 4 is 5.91 Å². The van der Waals surface area contributed by atoms with Gasteiger partial charge in [-0.05, 0) is 25.1 Å². The first-order valence-electron chi connectivity index (χ1n) is 7.09. The standard InChI is InChI=1S/C17H15N3O3/c1-12-15(20-11-22-12)16(21)19-10-13-6-5-9-18-17(13)23-14-7-3-2-4-8-14/h2-9,11H,10H2,1H3,(H,19,21). The molecule has 1 amide bonds. The SMILES string of the molecule is Cc1ocnc1C(=O)NCc1cccnc1Oc1ccccc1. The van der Waals surface area contributed by atoms with Gasteiger partial charge in [-0.25, -0.2) is 9.97 Å². The van der Waals surface area contributed by atoms with Crippen molar-refractivity contribution in [3.8, 4) is 11.6 Å². The second-order valence-corrected chi connectivity index (χ2v) is 4.82. The van der Waals surface area contributed by atoms with Crippen LogP contribution in [-0.4, -0.2) is 15.9 Å². The monoisotopic (exact) mass is 309 g/mol. The summed E-state index contributed by atoms with van der Waals surface area (Å²) in [5.41, 5.74) is 1.05. The Bertz CT molecular complexity index is 800. The molecule has 0 unspecified atom stereocenters. The highest BCUT2D eigenvalue weighted by atomic mass is 16.5. The number of aryl methyl sites for hydroxylation is 1. The van der Waals surface area contributed by atoms with Gasteiger partial charge in [-0.3, -0.25) is 4.79 Å². The summed E-state index contributed by atoms with van der Waals surface area (Å²) in [6.07, 6.45) is 2.89. The van der Waals surface area contributed by atoms with E-state index in [1.165, 1.54) is 6.39 Å². The van der Waals surface area contributed by atoms with Crippen molar-refractivity contribution in [2.45, 2.75) is 13.5 Å². The molecule has 0 saturated carbocycles. The number of carbonyl (C=O) groups excluding carboxylic acids is 1. The number of oxazole rings is 1. The van der Waals surface area contributed by atoms with Crippen LogP contribution < -0.4 is 10.1 Å². The number of nitrogens with one attached hydrogen (secondary N) is 1. The third kappa shape index (κ3) is 3.55. The normalized spacial score (nSPS) is 10.3. The summed E-state index contributed by atoms with van der Waals surface area (Å²) < 4.78 is 10.8. The van der Waals surface area contributed by atoms with E-state index in [9.17, 15) is 4.79 Å². The molecular weight excluding hydrogens is 294 g/mol. The Labute approximate surface area is 133 Å². The van der Waals surface area contributed by atoms with Crippen LogP contribution in [0.25, 0.3) is 0 Å². The van der Waals surface area contributed by atoms with Gasteiger partial charge in [0.05, 0.1) is 0 Å². The van der Waals surface area contributed by atoms with Gasteiger partial charge in [-0.1, -0.05) is 24.3 Å². The van der Waals surface area contributed by atoms with Gasteiger partial charge in [0.2, 0.25) is 5.88 Å². The van der Waals surface area contributed by atoms with Crippen LogP contribution >= 0.6 is 0 Å². The van der Waals surface area contributed by atoms with Crippen LogP contribution in [0.3, 0.4) is 0 Å². The summed E-state index contributed by atoms with van der Waals surface area (Å²) in [5, 5.41) is 2.79. The number of amides is 1. The molecule has 2 heterocycles. The number of pyridine rings is 1. The van der Waals surface area contributed by atoms with Crippen molar-refractivity contribution in [2.75, 3.05) is 0 Å². The lowest BCUT2D eigenvalue weighted by Crippen LogP contribution is -2.24. The molecule has 0 atom stereocenters. The molecule has 6 heteroatoms. The predicted molar refractivity (Wildman–Crippen MR) is 83.2 cm³/mol. The van der Waals surface area contributed by atoms with Gasteiger partial charge in [0.15, 0.2) is 12.1 Å². The van der Waals surface area contributed by atoms with Crippen molar-refractivity contribution in [3.05, 3.63) is 72.1 Å². The highest BCUT2D eigenvalue weighted by Crippen LogP contribution is 2.22. The molecule has 6 nitrogen and oxygen atoms in total. The van der Waals surface area contributed by atoms with E-state index in [0.29, 0.717) is 17.4 Å². The number of aromatic nitrogens is 2. The summed E-state index contributed by atoms with van der Waals surface area (Å²) in [6, 6.07) is 13.0. The van der Waals surface area contributed by atoms with Crippen molar-refractivity contribution in [1.29, 1.82) is 0 Å². The van der Waals surface area contributed by atoms with E-state index in [1.807, 2.05) is 36.4 Å². The number of rotatable bonds is 5. The molecule has 3 aromatic rings. The van der Waals surface area contributed by atoms with E-state index >= 15 is 0 Å². The fourth-order valence-electron chi connectivity index (χ4n) is 2.03. The topological polar surface area (TPSA) is 77.3 Å². The second-order valence-electron chi connectivity index (χ2n) is 4.82. The number of hydrogen-bond donors (Lipinski definition) is 1. The molecule has 0 aliphatic heterocycles. The summed E-state index contributed by atoms with van der Waals surface area (Å²) in [7, 11) is 0.